The van der Waals surface area contributed by atoms with Crippen LogP contribution >= 0.6 is 0 Å². The molecule has 0 amide bonds. The van der Waals surface area contributed by atoms with Crippen LogP contribution in [0.25, 0.3) is 0 Å². The van der Waals surface area contributed by atoms with Crippen molar-refractivity contribution in [1.82, 2.24) is 0 Å². The average Bonchev–Trinajstić information content (AvgIpc) is 2.89. The van der Waals surface area contributed by atoms with Gasteiger partial charge in [0.1, 0.15) is 17.6 Å². The molecule has 0 fully saturated rings. The Bertz CT molecular complexity index is 906. The number of benzene rings is 2. The van der Waals surface area contributed by atoms with Crippen molar-refractivity contribution in [3.05, 3.63) is 47.0 Å². The van der Waals surface area contributed by atoms with Crippen LogP contribution in [0.2, 0.25) is 0 Å². The highest BCUT2D eigenvalue weighted by Crippen LogP contribution is 2.38. The maximum absolute atomic E-state index is 12.8. The Hall–Kier alpha value is -2.21. The maximum atomic E-state index is 12.8. The number of hydrogen-bond donors (Lipinski definition) is 1. The summed E-state index contributed by atoms with van der Waals surface area (Å²) in [6.07, 6.45) is 0.871. The summed E-state index contributed by atoms with van der Waals surface area (Å²) in [6.45, 7) is 8.15. The molecule has 0 unspecified atom stereocenters. The van der Waals surface area contributed by atoms with Gasteiger partial charge in [-0.05, 0) is 57.0 Å². The molecule has 1 heterocycles. The van der Waals surface area contributed by atoms with Crippen LogP contribution < -0.4 is 14.2 Å². The quantitative estimate of drug-likeness (QED) is 0.879. The highest BCUT2D eigenvalue weighted by Gasteiger charge is 2.24. The fourth-order valence-corrected chi connectivity index (χ4v) is 4.02. The van der Waals surface area contributed by atoms with Crippen LogP contribution in [0.4, 0.5) is 5.69 Å². The van der Waals surface area contributed by atoms with Gasteiger partial charge in [0.2, 0.25) is 0 Å². The molecule has 1 N–H and O–H groups in total. The standard InChI is InChI=1S/C19H23NO4S/c1-5-23-19-10-15-9-14(4)24-18(15)11-17(19)20-25(21,22)16-7-6-12(2)13(3)8-16/h6-8,10-11,14,20H,5,9H2,1-4H3/t14-/m0/s1. The van der Waals surface area contributed by atoms with E-state index in [1.54, 1.807) is 24.3 Å². The molecule has 5 nitrogen and oxygen atoms in total. The Morgan fingerprint density at radius 2 is 1.96 bits per heavy atom. The van der Waals surface area contributed by atoms with Crippen molar-refractivity contribution in [3.63, 3.8) is 0 Å². The van der Waals surface area contributed by atoms with Crippen LogP contribution in [-0.4, -0.2) is 21.1 Å². The summed E-state index contributed by atoms with van der Waals surface area (Å²) in [7, 11) is -3.71. The minimum absolute atomic E-state index is 0.0797. The first-order chi connectivity index (χ1) is 11.8. The number of aryl methyl sites for hydroxylation is 2. The lowest BCUT2D eigenvalue weighted by atomic mass is 10.1. The normalized spacial score (nSPS) is 16.2. The molecular formula is C19H23NO4S. The van der Waals surface area contributed by atoms with Crippen LogP contribution in [0.3, 0.4) is 0 Å². The molecule has 1 aliphatic heterocycles. The molecule has 3 rings (SSSR count). The number of anilines is 1. The lowest BCUT2D eigenvalue weighted by Crippen LogP contribution is -2.14. The zero-order valence-electron chi connectivity index (χ0n) is 14.9. The predicted octanol–water partition coefficient (Wildman–Crippen LogP) is 3.83. The molecule has 0 bridgehead atoms. The molecule has 1 aliphatic rings. The number of nitrogens with one attached hydrogen (secondary N) is 1. The van der Waals surface area contributed by atoms with Crippen LogP contribution in [0.15, 0.2) is 35.2 Å². The van der Waals surface area contributed by atoms with E-state index in [9.17, 15) is 8.42 Å². The van der Waals surface area contributed by atoms with E-state index in [1.165, 1.54) is 0 Å². The fraction of sp³-hybridized carbons (Fsp3) is 0.368. The second-order valence-electron chi connectivity index (χ2n) is 6.37. The van der Waals surface area contributed by atoms with Gasteiger partial charge in [-0.2, -0.15) is 0 Å². The van der Waals surface area contributed by atoms with Gasteiger partial charge >= 0.3 is 0 Å². The third-order valence-corrected chi connectivity index (χ3v) is 5.69. The summed E-state index contributed by atoms with van der Waals surface area (Å²) in [5.41, 5.74) is 3.41. The Balaban J connectivity index is 1.98. The monoisotopic (exact) mass is 361 g/mol. The van der Waals surface area contributed by atoms with Crippen molar-refractivity contribution in [2.75, 3.05) is 11.3 Å². The molecule has 134 valence electrons. The third-order valence-electron chi connectivity index (χ3n) is 4.33. The SMILES string of the molecule is CCOc1cc2c(cc1NS(=O)(=O)c1ccc(C)c(C)c1)O[C@@H](C)C2. The van der Waals surface area contributed by atoms with Gasteiger partial charge in [-0.25, -0.2) is 8.42 Å². The summed E-state index contributed by atoms with van der Waals surface area (Å²) in [4.78, 5) is 0.229. The number of hydrogen-bond acceptors (Lipinski definition) is 4. The summed E-state index contributed by atoms with van der Waals surface area (Å²) in [6, 6.07) is 8.66. The van der Waals surface area contributed by atoms with Crippen molar-refractivity contribution in [2.24, 2.45) is 0 Å². The maximum Gasteiger partial charge on any atom is 0.262 e. The topological polar surface area (TPSA) is 64.6 Å². The van der Waals surface area contributed by atoms with E-state index in [2.05, 4.69) is 4.72 Å². The minimum Gasteiger partial charge on any atom is -0.492 e. The first-order valence-corrected chi connectivity index (χ1v) is 9.85. The largest absolute Gasteiger partial charge is 0.492 e. The van der Waals surface area contributed by atoms with E-state index in [1.807, 2.05) is 33.8 Å². The summed E-state index contributed by atoms with van der Waals surface area (Å²) >= 11 is 0. The molecule has 0 spiro atoms. The molecule has 0 saturated carbocycles. The number of ether oxygens (including phenoxy) is 2. The number of rotatable bonds is 5. The third kappa shape index (κ3) is 3.58. The van der Waals surface area contributed by atoms with Gasteiger partial charge in [-0.1, -0.05) is 6.07 Å². The highest BCUT2D eigenvalue weighted by atomic mass is 32.2. The zero-order chi connectivity index (χ0) is 18.2. The minimum atomic E-state index is -3.71. The van der Waals surface area contributed by atoms with Crippen molar-refractivity contribution in [2.45, 2.75) is 45.1 Å². The van der Waals surface area contributed by atoms with E-state index >= 15 is 0 Å². The van der Waals surface area contributed by atoms with Gasteiger partial charge in [-0.15, -0.1) is 0 Å². The van der Waals surface area contributed by atoms with Gasteiger partial charge in [0.05, 0.1) is 17.2 Å². The van der Waals surface area contributed by atoms with Crippen molar-refractivity contribution >= 4 is 15.7 Å². The second-order valence-corrected chi connectivity index (χ2v) is 8.06. The van der Waals surface area contributed by atoms with Gasteiger partial charge in [-0.3, -0.25) is 4.72 Å². The zero-order valence-corrected chi connectivity index (χ0v) is 15.7. The van der Waals surface area contributed by atoms with E-state index in [0.717, 1.165) is 23.1 Å². The predicted molar refractivity (Wildman–Crippen MR) is 98.1 cm³/mol. The van der Waals surface area contributed by atoms with Crippen LogP contribution in [0.5, 0.6) is 11.5 Å². The fourth-order valence-electron chi connectivity index (χ4n) is 2.88. The molecule has 2 aromatic rings. The van der Waals surface area contributed by atoms with Crippen LogP contribution in [0, 0.1) is 13.8 Å². The molecule has 2 aromatic carbocycles. The summed E-state index contributed by atoms with van der Waals surface area (Å²) in [5, 5.41) is 0. The first kappa shape index (κ1) is 17.6. The molecule has 25 heavy (non-hydrogen) atoms. The lowest BCUT2D eigenvalue weighted by molar-refractivity contribution is 0.254. The van der Waals surface area contributed by atoms with E-state index in [0.29, 0.717) is 23.8 Å². The molecule has 0 saturated heterocycles. The summed E-state index contributed by atoms with van der Waals surface area (Å²) in [5.74, 6) is 1.22. The van der Waals surface area contributed by atoms with E-state index < -0.39 is 10.0 Å². The Morgan fingerprint density at radius 3 is 2.64 bits per heavy atom. The Kier molecular flexibility index (Phi) is 4.64. The van der Waals surface area contributed by atoms with Crippen molar-refractivity contribution in [1.29, 1.82) is 0 Å². The molecule has 0 aliphatic carbocycles. The van der Waals surface area contributed by atoms with E-state index in [4.69, 9.17) is 9.47 Å². The number of sulfonamides is 1. The molecule has 0 radical (unpaired) electrons. The first-order valence-electron chi connectivity index (χ1n) is 8.36. The molecular weight excluding hydrogens is 338 g/mol. The summed E-state index contributed by atoms with van der Waals surface area (Å²) < 4.78 is 39.6. The van der Waals surface area contributed by atoms with Gasteiger partial charge in [0, 0.05) is 18.1 Å². The second kappa shape index (κ2) is 6.59. The van der Waals surface area contributed by atoms with Gasteiger partial charge in [0.15, 0.2) is 0 Å². The van der Waals surface area contributed by atoms with Crippen LogP contribution in [0.1, 0.15) is 30.5 Å². The Labute approximate surface area is 149 Å². The van der Waals surface area contributed by atoms with Gasteiger partial charge < -0.3 is 9.47 Å². The Morgan fingerprint density at radius 1 is 1.20 bits per heavy atom. The van der Waals surface area contributed by atoms with Crippen molar-refractivity contribution < 1.29 is 17.9 Å². The number of fused-ring (bicyclic) bond motifs is 1. The van der Waals surface area contributed by atoms with E-state index in [-0.39, 0.29) is 11.0 Å². The smallest absolute Gasteiger partial charge is 0.262 e. The van der Waals surface area contributed by atoms with Gasteiger partial charge in [0.25, 0.3) is 10.0 Å². The highest BCUT2D eigenvalue weighted by molar-refractivity contribution is 7.92. The van der Waals surface area contributed by atoms with Crippen LogP contribution in [-0.2, 0) is 16.4 Å². The molecule has 1 atom stereocenters. The molecule has 6 heteroatoms. The average molecular weight is 361 g/mol. The molecule has 0 aromatic heterocycles. The lowest BCUT2D eigenvalue weighted by Gasteiger charge is -2.15. The van der Waals surface area contributed by atoms with Crippen molar-refractivity contribution in [3.8, 4) is 11.5 Å².